The van der Waals surface area contributed by atoms with Crippen LogP contribution in [0.4, 0.5) is 0 Å². The van der Waals surface area contributed by atoms with E-state index in [-0.39, 0.29) is 6.61 Å². The second kappa shape index (κ2) is 16.9. The highest BCUT2D eigenvalue weighted by Crippen LogP contribution is 2.15. The van der Waals surface area contributed by atoms with Crippen LogP contribution in [0, 0.1) is 0 Å². The quantitative estimate of drug-likeness (QED) is 0.327. The molecule has 0 radical (unpaired) electrons. The highest BCUT2D eigenvalue weighted by Gasteiger charge is 2.09. The molecule has 0 aliphatic carbocycles. The molecule has 120 valence electrons. The Bertz CT molecular complexity index is 216. The van der Waals surface area contributed by atoms with E-state index in [0.29, 0.717) is 46.2 Å². The third kappa shape index (κ3) is 17.9. The van der Waals surface area contributed by atoms with Gasteiger partial charge in [0.15, 0.2) is 0 Å². The molecule has 0 aliphatic heterocycles. The molecule has 1 unspecified atom stereocenters. The lowest BCUT2D eigenvalue weighted by Gasteiger charge is -2.06. The van der Waals surface area contributed by atoms with Crippen molar-refractivity contribution in [1.29, 1.82) is 0 Å². The summed E-state index contributed by atoms with van der Waals surface area (Å²) < 4.78 is 30.4. The van der Waals surface area contributed by atoms with Gasteiger partial charge in [0.2, 0.25) is 0 Å². The van der Waals surface area contributed by atoms with Crippen LogP contribution in [0.1, 0.15) is 25.7 Å². The number of unbranched alkanes of at least 4 members (excludes halogenated alkanes) is 3. The maximum absolute atomic E-state index is 10.2. The fourth-order valence-corrected chi connectivity index (χ4v) is 1.69. The zero-order chi connectivity index (χ0) is 14.9. The lowest BCUT2D eigenvalue weighted by atomic mass is 10.2. The van der Waals surface area contributed by atoms with Crippen molar-refractivity contribution in [3.8, 4) is 0 Å². The van der Waals surface area contributed by atoms with Crippen molar-refractivity contribution in [2.45, 2.75) is 25.7 Å². The lowest BCUT2D eigenvalue weighted by Crippen LogP contribution is -2.11. The summed E-state index contributed by atoms with van der Waals surface area (Å²) >= 11 is 0. The van der Waals surface area contributed by atoms with Crippen molar-refractivity contribution in [3.63, 3.8) is 0 Å². The molecule has 0 aromatic heterocycles. The van der Waals surface area contributed by atoms with Crippen molar-refractivity contribution >= 4 is 8.25 Å². The van der Waals surface area contributed by atoms with E-state index >= 15 is 0 Å². The normalized spacial score (nSPS) is 11.8. The van der Waals surface area contributed by atoms with Crippen LogP contribution in [0.15, 0.2) is 0 Å². The summed E-state index contributed by atoms with van der Waals surface area (Å²) in [7, 11) is -2.45. The Kier molecular flexibility index (Phi) is 16.8. The Morgan fingerprint density at radius 3 is 1.75 bits per heavy atom. The molecule has 0 spiro atoms. The third-order valence-corrected chi connectivity index (χ3v) is 2.77. The van der Waals surface area contributed by atoms with Crippen LogP contribution in [0.2, 0.25) is 0 Å². The van der Waals surface area contributed by atoms with Crippen LogP contribution in [0.5, 0.6) is 0 Å². The number of ether oxygens (including phenoxy) is 3. The van der Waals surface area contributed by atoms with Gasteiger partial charge in [-0.25, -0.2) is 0 Å². The summed E-state index contributed by atoms with van der Waals surface area (Å²) in [5, 5.41) is 8.46. The molecule has 0 fully saturated rings. The summed E-state index contributed by atoms with van der Waals surface area (Å²) in [4.78, 5) is 8.39. The second-order valence-corrected chi connectivity index (χ2v) is 4.78. The van der Waals surface area contributed by atoms with Gasteiger partial charge in [0, 0.05) is 11.2 Å². The third-order valence-electron chi connectivity index (χ3n) is 2.36. The molecule has 20 heavy (non-hydrogen) atoms. The number of aliphatic hydroxyl groups is 1. The van der Waals surface area contributed by atoms with Gasteiger partial charge in [0.05, 0.1) is 39.6 Å². The van der Waals surface area contributed by atoms with Crippen molar-refractivity contribution in [2.24, 2.45) is 0 Å². The number of hydrogen-bond acceptors (Lipinski definition) is 6. The molecule has 0 rings (SSSR count). The maximum atomic E-state index is 10.2. The highest BCUT2D eigenvalue weighted by atomic mass is 31.1. The van der Waals surface area contributed by atoms with E-state index in [1.165, 1.54) is 0 Å². The van der Waals surface area contributed by atoms with Crippen LogP contribution in [0.3, 0.4) is 0 Å². The van der Waals surface area contributed by atoms with E-state index in [9.17, 15) is 4.57 Å². The average Bonchev–Trinajstić information content (AvgIpc) is 2.43. The van der Waals surface area contributed by atoms with Gasteiger partial charge in [0.25, 0.3) is 0 Å². The van der Waals surface area contributed by atoms with Gasteiger partial charge in [-0.15, -0.1) is 9.42 Å². The first-order valence-corrected chi connectivity index (χ1v) is 8.03. The Balaban J connectivity index is 2.94. The topological polar surface area (TPSA) is 94.5 Å². The Labute approximate surface area is 121 Å². The molecule has 1 atom stereocenters. The minimum absolute atomic E-state index is 0.0353. The van der Waals surface area contributed by atoms with Crippen LogP contribution < -0.4 is 0 Å². The molecule has 2 N–H and O–H groups in total. The summed E-state index contributed by atoms with van der Waals surface area (Å²) in [6.45, 7) is 3.51. The SMILES string of the molecule is O=[P+](O)OCCCCCCOCCOCCOCCO. The minimum atomic E-state index is -2.45. The molecular formula is C12H26O7P+. The van der Waals surface area contributed by atoms with Gasteiger partial charge >= 0.3 is 8.25 Å². The maximum Gasteiger partial charge on any atom is 0.694 e. The summed E-state index contributed by atoms with van der Waals surface area (Å²) in [5.41, 5.74) is 0. The smallest absolute Gasteiger partial charge is 0.394 e. The van der Waals surface area contributed by atoms with Crippen LogP contribution in [0.25, 0.3) is 0 Å². The standard InChI is InChI=1S/C12H25O7P/c13-5-8-17-10-12-18-11-9-16-6-3-1-2-4-7-19-20(14)15/h13H,1-12H2/p+1. The van der Waals surface area contributed by atoms with E-state index in [2.05, 4.69) is 4.52 Å². The Morgan fingerprint density at radius 1 is 0.700 bits per heavy atom. The first-order valence-electron chi connectivity index (χ1n) is 6.90. The zero-order valence-corrected chi connectivity index (χ0v) is 12.8. The largest absolute Gasteiger partial charge is 0.694 e. The van der Waals surface area contributed by atoms with Gasteiger partial charge in [0.1, 0.15) is 6.61 Å². The first kappa shape index (κ1) is 19.9. The van der Waals surface area contributed by atoms with Crippen LogP contribution >= 0.6 is 8.25 Å². The average molecular weight is 313 g/mol. The monoisotopic (exact) mass is 313 g/mol. The van der Waals surface area contributed by atoms with E-state index in [0.717, 1.165) is 25.7 Å². The second-order valence-electron chi connectivity index (χ2n) is 4.05. The molecule has 0 saturated carbocycles. The van der Waals surface area contributed by atoms with Crippen LogP contribution in [-0.2, 0) is 23.3 Å². The Morgan fingerprint density at radius 2 is 1.20 bits per heavy atom. The lowest BCUT2D eigenvalue weighted by molar-refractivity contribution is 0.00718. The first-order chi connectivity index (χ1) is 9.77. The molecule has 0 amide bonds. The predicted molar refractivity (Wildman–Crippen MR) is 73.8 cm³/mol. The molecule has 0 aliphatic rings. The van der Waals surface area contributed by atoms with E-state index < -0.39 is 8.25 Å². The molecule has 7 nitrogen and oxygen atoms in total. The summed E-state index contributed by atoms with van der Waals surface area (Å²) in [6, 6.07) is 0. The summed E-state index contributed by atoms with van der Waals surface area (Å²) in [6.07, 6.45) is 3.73. The van der Waals surface area contributed by atoms with Gasteiger partial charge in [-0.1, -0.05) is 12.8 Å². The van der Waals surface area contributed by atoms with Gasteiger partial charge in [-0.2, -0.15) is 0 Å². The van der Waals surface area contributed by atoms with Crippen molar-refractivity contribution in [2.75, 3.05) is 52.9 Å². The van der Waals surface area contributed by atoms with Crippen molar-refractivity contribution in [3.05, 3.63) is 0 Å². The van der Waals surface area contributed by atoms with Gasteiger partial charge in [-0.05, 0) is 12.8 Å². The number of aliphatic hydroxyl groups excluding tert-OH is 1. The molecule has 0 saturated heterocycles. The van der Waals surface area contributed by atoms with Gasteiger partial charge < -0.3 is 19.3 Å². The van der Waals surface area contributed by atoms with E-state index in [1.807, 2.05) is 0 Å². The predicted octanol–water partition coefficient (Wildman–Crippen LogP) is 1.26. The fraction of sp³-hybridized carbons (Fsp3) is 1.00. The molecular weight excluding hydrogens is 287 g/mol. The highest BCUT2D eigenvalue weighted by molar-refractivity contribution is 7.32. The minimum Gasteiger partial charge on any atom is -0.394 e. The number of hydrogen-bond donors (Lipinski definition) is 2. The molecule has 0 bridgehead atoms. The van der Waals surface area contributed by atoms with Gasteiger partial charge in [-0.3, -0.25) is 0 Å². The van der Waals surface area contributed by atoms with Crippen molar-refractivity contribution < 1.29 is 33.3 Å². The molecule has 0 aromatic carbocycles. The van der Waals surface area contributed by atoms with E-state index in [4.69, 9.17) is 24.2 Å². The fourth-order valence-electron chi connectivity index (χ4n) is 1.41. The molecule has 8 heteroatoms. The molecule has 0 aromatic rings. The van der Waals surface area contributed by atoms with E-state index in [1.54, 1.807) is 0 Å². The Hall–Kier alpha value is -0.140. The zero-order valence-electron chi connectivity index (χ0n) is 11.9. The van der Waals surface area contributed by atoms with Crippen LogP contribution in [-0.4, -0.2) is 62.9 Å². The van der Waals surface area contributed by atoms with Crippen molar-refractivity contribution in [1.82, 2.24) is 0 Å². The summed E-state index contributed by atoms with van der Waals surface area (Å²) in [5.74, 6) is 0. The molecule has 0 heterocycles. The number of rotatable bonds is 16.